The van der Waals surface area contributed by atoms with E-state index in [1.807, 2.05) is 61.7 Å². The minimum absolute atomic E-state index is 0.116. The molecule has 0 bridgehead atoms. The topological polar surface area (TPSA) is 106 Å². The third-order valence-electron chi connectivity index (χ3n) is 6.10. The van der Waals surface area contributed by atoms with Crippen LogP contribution in [0, 0.1) is 12.8 Å². The molecular formula is C25H30N6O. The zero-order valence-corrected chi connectivity index (χ0v) is 18.4. The quantitative estimate of drug-likeness (QED) is 0.523. The van der Waals surface area contributed by atoms with E-state index in [-0.39, 0.29) is 5.91 Å². The van der Waals surface area contributed by atoms with Crippen molar-refractivity contribution in [2.75, 3.05) is 11.9 Å². The molecule has 2 aromatic heterocycles. The second-order valence-electron chi connectivity index (χ2n) is 8.50. The summed E-state index contributed by atoms with van der Waals surface area (Å²) in [5.41, 5.74) is 9.10. The second-order valence-corrected chi connectivity index (χ2v) is 8.50. The number of carbonyl (C=O) groups is 1. The lowest BCUT2D eigenvalue weighted by atomic mass is 9.80. The maximum Gasteiger partial charge on any atom is 0.241 e. The van der Waals surface area contributed by atoms with Gasteiger partial charge in [-0.2, -0.15) is 0 Å². The summed E-state index contributed by atoms with van der Waals surface area (Å²) < 4.78 is 0. The van der Waals surface area contributed by atoms with Gasteiger partial charge in [0.25, 0.3) is 0 Å². The summed E-state index contributed by atoms with van der Waals surface area (Å²) in [5.74, 6) is 2.07. The third kappa shape index (κ3) is 5.68. The number of rotatable bonds is 7. The first-order valence-electron chi connectivity index (χ1n) is 11.2. The van der Waals surface area contributed by atoms with Gasteiger partial charge in [-0.3, -0.25) is 4.79 Å². The van der Waals surface area contributed by atoms with E-state index in [1.165, 1.54) is 0 Å². The fraction of sp³-hybridized carbons (Fsp3) is 0.360. The number of nitrogens with one attached hydrogen (secondary N) is 2. The maximum absolute atomic E-state index is 12.4. The standard InChI is InChI=1S/C25H30N6O/c1-17-7-12-22(28-15-17)31-25-27-14-13-21(30-25)19-10-8-18(9-11-19)16-29-24(32)23(26)20-5-3-2-4-6-20/h2-7,12-15,18-19,23H,8-11,16,26H2,1H3,(H,29,32)(H,27,28,30,31)/t18?,19?,23-/m0/s1. The van der Waals surface area contributed by atoms with E-state index >= 15 is 0 Å². The molecule has 1 amide bonds. The van der Waals surface area contributed by atoms with Crippen molar-refractivity contribution < 1.29 is 4.79 Å². The number of nitrogens with two attached hydrogens (primary N) is 1. The first kappa shape index (κ1) is 21.9. The molecule has 3 aromatic rings. The molecule has 0 radical (unpaired) electrons. The van der Waals surface area contributed by atoms with E-state index in [0.717, 1.165) is 48.3 Å². The lowest BCUT2D eigenvalue weighted by Crippen LogP contribution is -2.37. The van der Waals surface area contributed by atoms with Crippen molar-refractivity contribution in [1.82, 2.24) is 20.3 Å². The van der Waals surface area contributed by atoms with E-state index in [2.05, 4.69) is 20.6 Å². The number of hydrogen-bond donors (Lipinski definition) is 3. The number of aryl methyl sites for hydroxylation is 1. The second kappa shape index (κ2) is 10.3. The molecule has 7 nitrogen and oxygen atoms in total. The van der Waals surface area contributed by atoms with Gasteiger partial charge in [-0.05, 0) is 61.8 Å². The summed E-state index contributed by atoms with van der Waals surface area (Å²) in [6, 6.07) is 14.8. The predicted molar refractivity (Wildman–Crippen MR) is 125 cm³/mol. The van der Waals surface area contributed by atoms with Gasteiger partial charge >= 0.3 is 0 Å². The van der Waals surface area contributed by atoms with Gasteiger partial charge in [-0.25, -0.2) is 15.0 Å². The highest BCUT2D eigenvalue weighted by Crippen LogP contribution is 2.35. The van der Waals surface area contributed by atoms with E-state index in [1.54, 1.807) is 6.20 Å². The van der Waals surface area contributed by atoms with Gasteiger partial charge in [0.15, 0.2) is 0 Å². The average Bonchev–Trinajstić information content (AvgIpc) is 2.84. The summed E-state index contributed by atoms with van der Waals surface area (Å²) in [5, 5.41) is 6.22. The molecule has 32 heavy (non-hydrogen) atoms. The Morgan fingerprint density at radius 2 is 1.84 bits per heavy atom. The molecular weight excluding hydrogens is 400 g/mol. The van der Waals surface area contributed by atoms with Crippen LogP contribution >= 0.6 is 0 Å². The van der Waals surface area contributed by atoms with E-state index in [4.69, 9.17) is 10.7 Å². The van der Waals surface area contributed by atoms with Crippen LogP contribution in [0.15, 0.2) is 60.9 Å². The van der Waals surface area contributed by atoms with Crippen LogP contribution in [0.2, 0.25) is 0 Å². The normalized spacial score (nSPS) is 19.2. The Labute approximate surface area is 188 Å². The molecule has 0 saturated heterocycles. The van der Waals surface area contributed by atoms with E-state index in [9.17, 15) is 4.79 Å². The zero-order chi connectivity index (χ0) is 22.3. The van der Waals surface area contributed by atoms with Crippen LogP contribution in [0.3, 0.4) is 0 Å². The minimum Gasteiger partial charge on any atom is -0.354 e. The van der Waals surface area contributed by atoms with Crippen molar-refractivity contribution >= 4 is 17.7 Å². The summed E-state index contributed by atoms with van der Waals surface area (Å²) in [4.78, 5) is 25.8. The van der Waals surface area contributed by atoms with Crippen molar-refractivity contribution in [2.45, 2.75) is 44.6 Å². The number of nitrogens with zero attached hydrogens (tertiary/aromatic N) is 3. The van der Waals surface area contributed by atoms with Gasteiger partial charge in [-0.1, -0.05) is 36.4 Å². The van der Waals surface area contributed by atoms with Crippen LogP contribution in [0.25, 0.3) is 0 Å². The van der Waals surface area contributed by atoms with Crippen molar-refractivity contribution in [3.8, 4) is 0 Å². The molecule has 0 unspecified atom stereocenters. The summed E-state index contributed by atoms with van der Waals surface area (Å²) in [6.07, 6.45) is 7.82. The largest absolute Gasteiger partial charge is 0.354 e. The fourth-order valence-electron chi connectivity index (χ4n) is 4.15. The molecule has 166 valence electrons. The number of carbonyl (C=O) groups excluding carboxylic acids is 1. The molecule has 2 heterocycles. The highest BCUT2D eigenvalue weighted by molar-refractivity contribution is 5.82. The van der Waals surface area contributed by atoms with Gasteiger partial charge in [0.05, 0.1) is 0 Å². The lowest BCUT2D eigenvalue weighted by Gasteiger charge is -2.28. The van der Waals surface area contributed by atoms with Crippen LogP contribution in [-0.2, 0) is 4.79 Å². The Morgan fingerprint density at radius 1 is 1.06 bits per heavy atom. The Kier molecular flexibility index (Phi) is 7.07. The Balaban J connectivity index is 1.26. The van der Waals surface area contributed by atoms with Crippen LogP contribution < -0.4 is 16.4 Å². The number of benzene rings is 1. The Bertz CT molecular complexity index is 1020. The number of hydrogen-bond acceptors (Lipinski definition) is 6. The molecule has 0 spiro atoms. The van der Waals surface area contributed by atoms with Crippen molar-refractivity contribution in [2.24, 2.45) is 11.7 Å². The third-order valence-corrected chi connectivity index (χ3v) is 6.10. The molecule has 1 saturated carbocycles. The van der Waals surface area contributed by atoms with Gasteiger partial charge in [0.2, 0.25) is 11.9 Å². The Hall–Kier alpha value is -3.32. The van der Waals surface area contributed by atoms with Crippen LogP contribution in [0.1, 0.15) is 54.5 Å². The van der Waals surface area contributed by atoms with Crippen molar-refractivity contribution in [1.29, 1.82) is 0 Å². The first-order chi connectivity index (χ1) is 15.6. The van der Waals surface area contributed by atoms with Crippen LogP contribution in [-0.4, -0.2) is 27.4 Å². The molecule has 0 aliphatic heterocycles. The molecule has 1 fully saturated rings. The van der Waals surface area contributed by atoms with Gasteiger partial charge < -0.3 is 16.4 Å². The average molecular weight is 431 g/mol. The molecule has 4 N–H and O–H groups in total. The van der Waals surface area contributed by atoms with Crippen molar-refractivity contribution in [3.63, 3.8) is 0 Å². The van der Waals surface area contributed by atoms with E-state index < -0.39 is 6.04 Å². The summed E-state index contributed by atoms with van der Waals surface area (Å²) >= 11 is 0. The predicted octanol–water partition coefficient (Wildman–Crippen LogP) is 4.01. The number of amides is 1. The SMILES string of the molecule is Cc1ccc(Nc2nccc(C3CCC(CNC(=O)[C@@H](N)c4ccccc4)CC3)n2)nc1. The molecule has 1 aliphatic rings. The van der Waals surface area contributed by atoms with Crippen LogP contribution in [0.5, 0.6) is 0 Å². The number of pyridine rings is 1. The monoisotopic (exact) mass is 430 g/mol. The number of aromatic nitrogens is 3. The highest BCUT2D eigenvalue weighted by atomic mass is 16.2. The number of anilines is 2. The molecule has 7 heteroatoms. The Morgan fingerprint density at radius 3 is 2.56 bits per heavy atom. The smallest absolute Gasteiger partial charge is 0.241 e. The fourth-order valence-corrected chi connectivity index (χ4v) is 4.15. The maximum atomic E-state index is 12.4. The first-order valence-corrected chi connectivity index (χ1v) is 11.2. The van der Waals surface area contributed by atoms with Crippen LogP contribution in [0.4, 0.5) is 11.8 Å². The van der Waals surface area contributed by atoms with E-state index in [0.29, 0.717) is 24.3 Å². The lowest BCUT2D eigenvalue weighted by molar-refractivity contribution is -0.122. The highest BCUT2D eigenvalue weighted by Gasteiger charge is 2.25. The summed E-state index contributed by atoms with van der Waals surface area (Å²) in [6.45, 7) is 2.68. The zero-order valence-electron chi connectivity index (χ0n) is 18.4. The molecule has 4 rings (SSSR count). The molecule has 1 atom stereocenters. The molecule has 1 aliphatic carbocycles. The minimum atomic E-state index is -0.623. The van der Waals surface area contributed by atoms with Gasteiger partial charge in [-0.15, -0.1) is 0 Å². The molecule has 1 aromatic carbocycles. The summed E-state index contributed by atoms with van der Waals surface area (Å²) in [7, 11) is 0. The van der Waals surface area contributed by atoms with Gasteiger partial charge in [0, 0.05) is 30.6 Å². The van der Waals surface area contributed by atoms with Crippen molar-refractivity contribution in [3.05, 3.63) is 77.7 Å². The van der Waals surface area contributed by atoms with Gasteiger partial charge in [0.1, 0.15) is 11.9 Å².